The Morgan fingerprint density at radius 1 is 1.12 bits per heavy atom. The number of imidazole rings is 1. The van der Waals surface area contributed by atoms with E-state index in [2.05, 4.69) is 25.3 Å². The van der Waals surface area contributed by atoms with Crippen LogP contribution in [0.3, 0.4) is 0 Å². The lowest BCUT2D eigenvalue weighted by Crippen LogP contribution is -2.16. The molecule has 0 aliphatic heterocycles. The van der Waals surface area contributed by atoms with Gasteiger partial charge >= 0.3 is 0 Å². The number of carbonyl (C=O) groups is 1. The van der Waals surface area contributed by atoms with Crippen LogP contribution in [0.5, 0.6) is 0 Å². The smallest absolute Gasteiger partial charge is 0.277 e. The Hall–Kier alpha value is -3.32. The molecule has 1 amide bonds. The number of anilines is 1. The molecule has 0 fully saturated rings. The number of benzene rings is 1. The zero-order valence-corrected chi connectivity index (χ0v) is 14.5. The minimum absolute atomic E-state index is 0.106. The van der Waals surface area contributed by atoms with Crippen molar-refractivity contribution in [3.63, 3.8) is 0 Å². The van der Waals surface area contributed by atoms with Gasteiger partial charge in [-0.2, -0.15) is 4.98 Å². The van der Waals surface area contributed by atoms with Crippen molar-refractivity contribution in [3.05, 3.63) is 71.5 Å². The molecule has 0 saturated heterocycles. The highest BCUT2D eigenvalue weighted by atomic mass is 35.5. The van der Waals surface area contributed by atoms with Crippen molar-refractivity contribution in [1.82, 2.24) is 24.3 Å². The van der Waals surface area contributed by atoms with Gasteiger partial charge in [0.15, 0.2) is 5.69 Å². The van der Waals surface area contributed by atoms with E-state index in [9.17, 15) is 4.79 Å². The molecule has 4 rings (SSSR count). The summed E-state index contributed by atoms with van der Waals surface area (Å²) in [5.41, 5.74) is 1.90. The van der Waals surface area contributed by atoms with Gasteiger partial charge < -0.3 is 5.32 Å². The fraction of sp³-hybridized carbons (Fsp3) is 0.0556. The second kappa shape index (κ2) is 6.53. The fourth-order valence-electron chi connectivity index (χ4n) is 2.48. The summed E-state index contributed by atoms with van der Waals surface area (Å²) in [5, 5.41) is 2.87. The zero-order valence-electron chi connectivity index (χ0n) is 13.7. The monoisotopic (exact) mass is 364 g/mol. The van der Waals surface area contributed by atoms with Gasteiger partial charge in [-0.15, -0.1) is 0 Å². The number of hydrogen-bond donors (Lipinski definition) is 1. The van der Waals surface area contributed by atoms with E-state index in [-0.39, 0.29) is 10.7 Å². The van der Waals surface area contributed by atoms with E-state index in [1.165, 1.54) is 6.20 Å². The van der Waals surface area contributed by atoms with Crippen molar-refractivity contribution in [3.8, 4) is 11.3 Å². The highest BCUT2D eigenvalue weighted by Crippen LogP contribution is 2.19. The molecule has 0 spiro atoms. The standard InChI is InChI=1S/C18H13ClN6O/c1-11-20-9-13(19)16(21-11)17(26)23-15-7-8-25-10-14(22-18(25)24-15)12-5-3-2-4-6-12/h2-10H,1H3,(H,22,23,24,26). The summed E-state index contributed by atoms with van der Waals surface area (Å²) in [6, 6.07) is 11.5. The van der Waals surface area contributed by atoms with Crippen LogP contribution in [0.4, 0.5) is 5.82 Å². The highest BCUT2D eigenvalue weighted by molar-refractivity contribution is 6.33. The number of fused-ring (bicyclic) bond motifs is 1. The van der Waals surface area contributed by atoms with E-state index in [4.69, 9.17) is 11.6 Å². The number of rotatable bonds is 3. The van der Waals surface area contributed by atoms with Crippen LogP contribution in [-0.4, -0.2) is 30.2 Å². The molecule has 0 bridgehead atoms. The third-order valence-electron chi connectivity index (χ3n) is 3.72. The SMILES string of the molecule is Cc1ncc(Cl)c(C(=O)Nc2ccn3cc(-c4ccccc4)nc3n2)n1. The van der Waals surface area contributed by atoms with E-state index in [1.54, 1.807) is 23.6 Å². The molecule has 0 aliphatic carbocycles. The lowest BCUT2D eigenvalue weighted by molar-refractivity contribution is 0.102. The second-order valence-corrected chi connectivity index (χ2v) is 5.99. The summed E-state index contributed by atoms with van der Waals surface area (Å²) < 4.78 is 1.79. The lowest BCUT2D eigenvalue weighted by Gasteiger charge is -2.05. The minimum atomic E-state index is -0.452. The van der Waals surface area contributed by atoms with E-state index in [0.717, 1.165) is 11.3 Å². The van der Waals surface area contributed by atoms with Gasteiger partial charge in [0, 0.05) is 18.0 Å². The van der Waals surface area contributed by atoms with Crippen molar-refractivity contribution in [1.29, 1.82) is 0 Å². The molecular formula is C18H13ClN6O. The summed E-state index contributed by atoms with van der Waals surface area (Å²) >= 11 is 6.00. The Balaban J connectivity index is 1.63. The normalized spacial score (nSPS) is 10.8. The van der Waals surface area contributed by atoms with Crippen molar-refractivity contribution in [2.75, 3.05) is 5.32 Å². The van der Waals surface area contributed by atoms with Crippen LogP contribution >= 0.6 is 11.6 Å². The topological polar surface area (TPSA) is 85.1 Å². The molecular weight excluding hydrogens is 352 g/mol. The molecule has 0 unspecified atom stereocenters. The quantitative estimate of drug-likeness (QED) is 0.602. The first-order valence-electron chi connectivity index (χ1n) is 7.82. The molecule has 0 radical (unpaired) electrons. The third-order valence-corrected chi connectivity index (χ3v) is 3.99. The number of aromatic nitrogens is 5. The number of halogens is 1. The Bertz CT molecular complexity index is 1110. The Labute approximate surface area is 153 Å². The molecule has 26 heavy (non-hydrogen) atoms. The van der Waals surface area contributed by atoms with Gasteiger partial charge in [-0.3, -0.25) is 9.20 Å². The molecule has 0 aliphatic rings. The summed E-state index contributed by atoms with van der Waals surface area (Å²) in [7, 11) is 0. The van der Waals surface area contributed by atoms with Crippen LogP contribution < -0.4 is 5.32 Å². The Kier molecular flexibility index (Phi) is 4.06. The number of nitrogens with one attached hydrogen (secondary N) is 1. The predicted molar refractivity (Wildman–Crippen MR) is 98.2 cm³/mol. The van der Waals surface area contributed by atoms with Gasteiger partial charge in [0.05, 0.1) is 16.9 Å². The molecule has 1 aromatic carbocycles. The van der Waals surface area contributed by atoms with Crippen LogP contribution in [0.25, 0.3) is 17.0 Å². The third kappa shape index (κ3) is 3.12. The highest BCUT2D eigenvalue weighted by Gasteiger charge is 2.15. The van der Waals surface area contributed by atoms with Gasteiger partial charge in [-0.1, -0.05) is 41.9 Å². The maximum Gasteiger partial charge on any atom is 0.277 e. The average molecular weight is 365 g/mol. The molecule has 128 valence electrons. The largest absolute Gasteiger partial charge is 0.305 e. The maximum absolute atomic E-state index is 12.4. The van der Waals surface area contributed by atoms with Crippen LogP contribution in [-0.2, 0) is 0 Å². The fourth-order valence-corrected chi connectivity index (χ4v) is 2.66. The first-order chi connectivity index (χ1) is 12.6. The van der Waals surface area contributed by atoms with Gasteiger partial charge in [-0.05, 0) is 13.0 Å². The van der Waals surface area contributed by atoms with Crippen molar-refractivity contribution >= 4 is 29.1 Å². The molecule has 1 N–H and O–H groups in total. The summed E-state index contributed by atoms with van der Waals surface area (Å²) in [4.78, 5) is 29.3. The first-order valence-corrected chi connectivity index (χ1v) is 8.19. The van der Waals surface area contributed by atoms with E-state index >= 15 is 0 Å². The summed E-state index contributed by atoms with van der Waals surface area (Å²) in [5.74, 6) is 0.850. The number of hydrogen-bond acceptors (Lipinski definition) is 5. The van der Waals surface area contributed by atoms with Gasteiger partial charge in [0.25, 0.3) is 5.91 Å². The molecule has 0 atom stereocenters. The lowest BCUT2D eigenvalue weighted by atomic mass is 10.2. The molecule has 7 nitrogen and oxygen atoms in total. The van der Waals surface area contributed by atoms with Crippen LogP contribution in [0.2, 0.25) is 5.02 Å². The molecule has 0 saturated carbocycles. The molecule has 8 heteroatoms. The van der Waals surface area contributed by atoms with E-state index < -0.39 is 5.91 Å². The average Bonchev–Trinajstić information content (AvgIpc) is 3.08. The van der Waals surface area contributed by atoms with Crippen LogP contribution in [0.1, 0.15) is 16.3 Å². The van der Waals surface area contributed by atoms with Gasteiger partial charge in [-0.25, -0.2) is 15.0 Å². The molecule has 3 aromatic heterocycles. The number of amides is 1. The first kappa shape index (κ1) is 16.2. The minimum Gasteiger partial charge on any atom is -0.305 e. The van der Waals surface area contributed by atoms with Crippen molar-refractivity contribution < 1.29 is 4.79 Å². The summed E-state index contributed by atoms with van der Waals surface area (Å²) in [6.45, 7) is 1.69. The Morgan fingerprint density at radius 3 is 2.73 bits per heavy atom. The number of nitrogens with zero attached hydrogens (tertiary/aromatic N) is 5. The van der Waals surface area contributed by atoms with Gasteiger partial charge in [0.1, 0.15) is 11.6 Å². The van der Waals surface area contributed by atoms with E-state index in [1.807, 2.05) is 36.5 Å². The maximum atomic E-state index is 12.4. The van der Waals surface area contributed by atoms with Crippen molar-refractivity contribution in [2.45, 2.75) is 6.92 Å². The van der Waals surface area contributed by atoms with Gasteiger partial charge in [0.2, 0.25) is 5.78 Å². The van der Waals surface area contributed by atoms with E-state index in [0.29, 0.717) is 17.4 Å². The van der Waals surface area contributed by atoms with Crippen molar-refractivity contribution in [2.24, 2.45) is 0 Å². The predicted octanol–water partition coefficient (Wildman–Crippen LogP) is 3.40. The number of carbonyl (C=O) groups excluding carboxylic acids is 1. The second-order valence-electron chi connectivity index (χ2n) is 5.58. The molecule has 4 aromatic rings. The zero-order chi connectivity index (χ0) is 18.1. The number of aryl methyl sites for hydroxylation is 1. The van der Waals surface area contributed by atoms with Crippen LogP contribution in [0, 0.1) is 6.92 Å². The summed E-state index contributed by atoms with van der Waals surface area (Å²) in [6.07, 6.45) is 5.06. The van der Waals surface area contributed by atoms with Crippen LogP contribution in [0.15, 0.2) is 55.0 Å². The molecule has 3 heterocycles. The Morgan fingerprint density at radius 2 is 1.92 bits per heavy atom.